The van der Waals surface area contributed by atoms with E-state index < -0.39 is 17.8 Å². The Morgan fingerprint density at radius 3 is 2.42 bits per heavy atom. The molecule has 0 aliphatic heterocycles. The van der Waals surface area contributed by atoms with E-state index in [4.69, 9.17) is 0 Å². The number of benzene rings is 2. The van der Waals surface area contributed by atoms with Gasteiger partial charge in [0, 0.05) is 47.2 Å². The van der Waals surface area contributed by atoms with E-state index in [0.29, 0.717) is 23.5 Å². The van der Waals surface area contributed by atoms with E-state index in [1.165, 1.54) is 12.1 Å². The first kappa shape index (κ1) is 24.6. The number of halogens is 3. The third kappa shape index (κ3) is 5.96. The van der Waals surface area contributed by atoms with Crippen molar-refractivity contribution in [3.63, 3.8) is 0 Å². The molecule has 10 heteroatoms. The molecule has 0 saturated carbocycles. The summed E-state index contributed by atoms with van der Waals surface area (Å²) >= 11 is 0. The highest BCUT2D eigenvalue weighted by molar-refractivity contribution is 6.00. The molecule has 0 fully saturated rings. The average Bonchev–Trinajstić information content (AvgIpc) is 3.34. The predicted molar refractivity (Wildman–Crippen MR) is 130 cm³/mol. The lowest BCUT2D eigenvalue weighted by Crippen LogP contribution is -2.19. The van der Waals surface area contributed by atoms with Gasteiger partial charge in [0.05, 0.1) is 17.5 Å². The third-order valence-electron chi connectivity index (χ3n) is 5.42. The largest absolute Gasteiger partial charge is 0.416 e. The number of rotatable bonds is 7. The Morgan fingerprint density at radius 1 is 0.944 bits per heavy atom. The van der Waals surface area contributed by atoms with Crippen LogP contribution in [0, 0.1) is 0 Å². The van der Waals surface area contributed by atoms with Crippen molar-refractivity contribution in [3.05, 3.63) is 84.3 Å². The number of alkyl halides is 3. The van der Waals surface area contributed by atoms with Crippen molar-refractivity contribution in [2.24, 2.45) is 0 Å². The molecule has 4 rings (SSSR count). The van der Waals surface area contributed by atoms with E-state index >= 15 is 0 Å². The number of carbonyl (C=O) groups excluding carboxylic acids is 2. The molecule has 0 bridgehead atoms. The molecule has 0 spiro atoms. The van der Waals surface area contributed by atoms with Gasteiger partial charge in [0.15, 0.2) is 0 Å². The molecule has 7 nitrogen and oxygen atoms in total. The van der Waals surface area contributed by atoms with E-state index in [1.54, 1.807) is 30.6 Å². The van der Waals surface area contributed by atoms with E-state index in [9.17, 15) is 22.8 Å². The van der Waals surface area contributed by atoms with Crippen molar-refractivity contribution >= 4 is 23.2 Å². The van der Waals surface area contributed by atoms with Crippen LogP contribution in [-0.4, -0.2) is 27.0 Å². The minimum atomic E-state index is -4.45. The number of aromatic nitrogens is 3. The van der Waals surface area contributed by atoms with Gasteiger partial charge in [0.25, 0.3) is 0 Å². The summed E-state index contributed by atoms with van der Waals surface area (Å²) in [5, 5.41) is 12.3. The fourth-order valence-electron chi connectivity index (χ4n) is 3.58. The summed E-state index contributed by atoms with van der Waals surface area (Å²) in [6.45, 7) is 1.81. The Bertz CT molecular complexity index is 1380. The van der Waals surface area contributed by atoms with Crippen LogP contribution in [0.25, 0.3) is 22.4 Å². The number of amides is 2. The van der Waals surface area contributed by atoms with Gasteiger partial charge < -0.3 is 10.6 Å². The van der Waals surface area contributed by atoms with E-state index in [0.717, 1.165) is 28.8 Å². The first-order valence-corrected chi connectivity index (χ1v) is 11.1. The fourth-order valence-corrected chi connectivity index (χ4v) is 3.58. The lowest BCUT2D eigenvalue weighted by molar-refractivity contribution is -0.137. The van der Waals surface area contributed by atoms with Crippen LogP contribution in [0.15, 0.2) is 73.1 Å². The number of ketones is 1. The molecule has 4 aromatic rings. The number of hydrogen-bond donors (Lipinski definition) is 3. The number of pyridine rings is 1. The molecule has 0 aliphatic carbocycles. The number of urea groups is 1. The molecular weight excluding hydrogens is 471 g/mol. The minimum absolute atomic E-state index is 0.0976. The van der Waals surface area contributed by atoms with Gasteiger partial charge in [0.2, 0.25) is 0 Å². The maximum Gasteiger partial charge on any atom is 0.416 e. The number of carbonyl (C=O) groups is 2. The van der Waals surface area contributed by atoms with E-state index in [1.807, 2.05) is 25.1 Å². The van der Waals surface area contributed by atoms with Crippen LogP contribution >= 0.6 is 0 Å². The zero-order valence-electron chi connectivity index (χ0n) is 19.2. The second kappa shape index (κ2) is 10.4. The highest BCUT2D eigenvalue weighted by Crippen LogP contribution is 2.32. The fraction of sp³-hybridized carbons (Fsp3) is 0.154. The Kier molecular flexibility index (Phi) is 7.14. The van der Waals surface area contributed by atoms with E-state index in [2.05, 4.69) is 25.8 Å². The molecular formula is C26H22F3N5O2. The normalized spacial score (nSPS) is 11.2. The molecule has 3 N–H and O–H groups in total. The average molecular weight is 493 g/mol. The van der Waals surface area contributed by atoms with Crippen molar-refractivity contribution < 1.29 is 22.8 Å². The Hall–Kier alpha value is -4.47. The number of Topliss-reactive ketones (excluding diaryl/α,β-unsaturated/α-hetero) is 1. The molecule has 0 unspecified atom stereocenters. The SMILES string of the molecule is CCC(=O)Cc1cc(-c2cn[nH]c2-c2cccc(NC(=O)Nc3ccc(C(F)(F)F)cc3)c2)ccn1. The first-order chi connectivity index (χ1) is 17.2. The Morgan fingerprint density at radius 2 is 1.69 bits per heavy atom. The second-order valence-electron chi connectivity index (χ2n) is 8.00. The van der Waals surface area contributed by atoms with Gasteiger partial charge in [-0.3, -0.25) is 14.9 Å². The van der Waals surface area contributed by atoms with Crippen LogP contribution in [0.3, 0.4) is 0 Å². The molecule has 0 atom stereocenters. The second-order valence-corrected chi connectivity index (χ2v) is 8.00. The maximum absolute atomic E-state index is 12.7. The topological polar surface area (TPSA) is 99.8 Å². The number of H-pyrrole nitrogens is 1. The summed E-state index contributed by atoms with van der Waals surface area (Å²) in [6.07, 6.45) is -0.431. The molecule has 2 aromatic carbocycles. The van der Waals surface area contributed by atoms with Gasteiger partial charge in [0.1, 0.15) is 5.78 Å². The molecule has 2 amide bonds. The number of hydrogen-bond acceptors (Lipinski definition) is 4. The van der Waals surface area contributed by atoms with Crippen LogP contribution in [0.4, 0.5) is 29.3 Å². The van der Waals surface area contributed by atoms with E-state index in [-0.39, 0.29) is 17.9 Å². The summed E-state index contributed by atoms with van der Waals surface area (Å²) in [6, 6.07) is 14.3. The van der Waals surface area contributed by atoms with Crippen molar-refractivity contribution in [2.45, 2.75) is 25.9 Å². The summed E-state index contributed by atoms with van der Waals surface area (Å²) in [4.78, 5) is 28.5. The number of aromatic amines is 1. The van der Waals surface area contributed by atoms with Crippen molar-refractivity contribution in [1.29, 1.82) is 0 Å². The number of nitrogens with zero attached hydrogens (tertiary/aromatic N) is 2. The predicted octanol–water partition coefficient (Wildman–Crippen LogP) is 6.32. The van der Waals surface area contributed by atoms with Crippen molar-refractivity contribution in [3.8, 4) is 22.4 Å². The lowest BCUT2D eigenvalue weighted by Gasteiger charge is -2.11. The van der Waals surface area contributed by atoms with Gasteiger partial charge >= 0.3 is 12.2 Å². The van der Waals surface area contributed by atoms with Crippen LogP contribution in [0.1, 0.15) is 24.6 Å². The monoisotopic (exact) mass is 493 g/mol. The van der Waals surface area contributed by atoms with Crippen molar-refractivity contribution in [2.75, 3.05) is 10.6 Å². The molecule has 184 valence electrons. The first-order valence-electron chi connectivity index (χ1n) is 11.1. The molecule has 0 radical (unpaired) electrons. The molecule has 36 heavy (non-hydrogen) atoms. The zero-order chi connectivity index (χ0) is 25.7. The summed E-state index contributed by atoms with van der Waals surface area (Å²) in [5.74, 6) is 0.0976. The molecule has 2 heterocycles. The quantitative estimate of drug-likeness (QED) is 0.280. The van der Waals surface area contributed by atoms with Crippen LogP contribution in [-0.2, 0) is 17.4 Å². The van der Waals surface area contributed by atoms with Gasteiger partial charge in [-0.15, -0.1) is 0 Å². The van der Waals surface area contributed by atoms with Crippen LogP contribution in [0.2, 0.25) is 0 Å². The maximum atomic E-state index is 12.7. The summed E-state index contributed by atoms with van der Waals surface area (Å²) in [7, 11) is 0. The van der Waals surface area contributed by atoms with Crippen LogP contribution in [0.5, 0.6) is 0 Å². The zero-order valence-corrected chi connectivity index (χ0v) is 19.2. The third-order valence-corrected chi connectivity index (χ3v) is 5.42. The number of anilines is 2. The molecule has 0 aliphatic rings. The Labute approximate surface area is 204 Å². The highest BCUT2D eigenvalue weighted by Gasteiger charge is 2.30. The molecule has 2 aromatic heterocycles. The summed E-state index contributed by atoms with van der Waals surface area (Å²) in [5.41, 5.74) is 3.67. The summed E-state index contributed by atoms with van der Waals surface area (Å²) < 4.78 is 38.2. The lowest BCUT2D eigenvalue weighted by atomic mass is 10.0. The van der Waals surface area contributed by atoms with Gasteiger partial charge in [-0.05, 0) is 54.1 Å². The molecule has 0 saturated heterocycles. The smallest absolute Gasteiger partial charge is 0.308 e. The van der Waals surface area contributed by atoms with Gasteiger partial charge in [-0.25, -0.2) is 4.79 Å². The van der Waals surface area contributed by atoms with Crippen LogP contribution < -0.4 is 10.6 Å². The highest BCUT2D eigenvalue weighted by atomic mass is 19.4. The minimum Gasteiger partial charge on any atom is -0.308 e. The van der Waals surface area contributed by atoms with Gasteiger partial charge in [-0.2, -0.15) is 18.3 Å². The van der Waals surface area contributed by atoms with Gasteiger partial charge in [-0.1, -0.05) is 19.1 Å². The number of nitrogens with one attached hydrogen (secondary N) is 3. The Balaban J connectivity index is 1.50. The standard InChI is InChI=1S/C26H22F3N5O2/c1-2-22(35)14-21-12-16(10-11-30-21)23-15-31-34-24(23)17-4-3-5-20(13-17)33-25(36)32-19-8-6-18(7-9-19)26(27,28)29/h3-13,15H,2,14H2,1H3,(H,31,34)(H2,32,33,36). The van der Waals surface area contributed by atoms with Crippen molar-refractivity contribution in [1.82, 2.24) is 15.2 Å².